The van der Waals surface area contributed by atoms with Crippen molar-refractivity contribution < 1.29 is 18.3 Å². The minimum atomic E-state index is -0.808. The summed E-state index contributed by atoms with van der Waals surface area (Å²) in [6.45, 7) is 2.83. The summed E-state index contributed by atoms with van der Waals surface area (Å²) in [6.07, 6.45) is 2.04. The van der Waals surface area contributed by atoms with Crippen LogP contribution in [0.5, 0.6) is 0 Å². The zero-order valence-electron chi connectivity index (χ0n) is 17.0. The van der Waals surface area contributed by atoms with E-state index in [2.05, 4.69) is 4.98 Å². The molecule has 1 aliphatic rings. The molecule has 1 saturated heterocycles. The number of nitrogens with zero attached hydrogens (tertiary/aromatic N) is 3. The number of rotatable bonds is 5. The summed E-state index contributed by atoms with van der Waals surface area (Å²) in [7, 11) is 0. The van der Waals surface area contributed by atoms with Crippen LogP contribution >= 0.6 is 0 Å². The SMILES string of the molecule is CCOC(=O)c1cn(Cc2cccc(F)c2)c2nc(N3CCC(N)C3)c(F)cc2c1=O. The molecular weight excluding hydrogens is 406 g/mol. The van der Waals surface area contributed by atoms with Gasteiger partial charge >= 0.3 is 5.97 Å². The Balaban J connectivity index is 1.91. The van der Waals surface area contributed by atoms with Crippen LogP contribution in [0.1, 0.15) is 29.3 Å². The molecule has 4 rings (SSSR count). The molecule has 1 fully saturated rings. The van der Waals surface area contributed by atoms with E-state index in [1.165, 1.54) is 22.9 Å². The number of nitrogens with two attached hydrogens (primary N) is 1. The molecule has 1 aliphatic heterocycles. The third kappa shape index (κ3) is 4.13. The lowest BCUT2D eigenvalue weighted by molar-refractivity contribution is 0.0524. The number of benzene rings is 1. The summed E-state index contributed by atoms with van der Waals surface area (Å²) in [5, 5.41) is -0.0494. The van der Waals surface area contributed by atoms with Crippen LogP contribution < -0.4 is 16.1 Å². The van der Waals surface area contributed by atoms with Crippen molar-refractivity contribution in [1.82, 2.24) is 9.55 Å². The number of esters is 1. The van der Waals surface area contributed by atoms with E-state index in [9.17, 15) is 18.4 Å². The van der Waals surface area contributed by atoms with Gasteiger partial charge in [0.05, 0.1) is 12.0 Å². The van der Waals surface area contributed by atoms with Gasteiger partial charge in [-0.1, -0.05) is 12.1 Å². The lowest BCUT2D eigenvalue weighted by Crippen LogP contribution is -2.28. The number of aromatic nitrogens is 2. The van der Waals surface area contributed by atoms with Crippen molar-refractivity contribution >= 4 is 22.8 Å². The van der Waals surface area contributed by atoms with E-state index in [-0.39, 0.29) is 41.6 Å². The maximum atomic E-state index is 14.9. The molecule has 0 bridgehead atoms. The van der Waals surface area contributed by atoms with Gasteiger partial charge in [-0.2, -0.15) is 0 Å². The molecule has 2 aromatic heterocycles. The van der Waals surface area contributed by atoms with Crippen molar-refractivity contribution in [1.29, 1.82) is 0 Å². The summed E-state index contributed by atoms with van der Waals surface area (Å²) >= 11 is 0. The number of ether oxygens (including phenoxy) is 1. The zero-order chi connectivity index (χ0) is 22.1. The van der Waals surface area contributed by atoms with E-state index in [1.807, 2.05) is 0 Å². The first-order valence-electron chi connectivity index (χ1n) is 10.0. The molecule has 1 unspecified atom stereocenters. The van der Waals surface area contributed by atoms with Crippen LogP contribution in [0.25, 0.3) is 11.0 Å². The number of halogens is 2. The van der Waals surface area contributed by atoms with E-state index in [4.69, 9.17) is 10.5 Å². The Morgan fingerprint density at radius 1 is 1.32 bits per heavy atom. The van der Waals surface area contributed by atoms with Crippen molar-refractivity contribution in [3.05, 3.63) is 69.5 Å². The molecule has 0 saturated carbocycles. The predicted molar refractivity (Wildman–Crippen MR) is 112 cm³/mol. The zero-order valence-corrected chi connectivity index (χ0v) is 17.0. The third-order valence-electron chi connectivity index (χ3n) is 5.25. The summed E-state index contributed by atoms with van der Waals surface area (Å²) in [5.41, 5.74) is 5.83. The quantitative estimate of drug-likeness (QED) is 0.628. The predicted octanol–water partition coefficient (Wildman–Crippen LogP) is 2.44. The van der Waals surface area contributed by atoms with Crippen molar-refractivity contribution in [3.8, 4) is 0 Å². The Hall–Kier alpha value is -3.33. The van der Waals surface area contributed by atoms with Crippen LogP contribution in [-0.4, -0.2) is 41.3 Å². The van der Waals surface area contributed by atoms with Crippen molar-refractivity contribution in [2.45, 2.75) is 25.9 Å². The molecule has 0 aliphatic carbocycles. The largest absolute Gasteiger partial charge is 0.462 e. The molecule has 0 radical (unpaired) electrons. The van der Waals surface area contributed by atoms with Gasteiger partial charge in [0.15, 0.2) is 11.6 Å². The summed E-state index contributed by atoms with van der Waals surface area (Å²) in [4.78, 5) is 31.4. The first-order valence-corrected chi connectivity index (χ1v) is 10.0. The van der Waals surface area contributed by atoms with Gasteiger partial charge in [0.2, 0.25) is 5.43 Å². The lowest BCUT2D eigenvalue weighted by atomic mass is 10.1. The van der Waals surface area contributed by atoms with Crippen LogP contribution in [0, 0.1) is 11.6 Å². The highest BCUT2D eigenvalue weighted by molar-refractivity contribution is 5.93. The molecule has 0 spiro atoms. The number of hydrogen-bond donors (Lipinski definition) is 1. The molecule has 3 heterocycles. The summed E-state index contributed by atoms with van der Waals surface area (Å²) in [5.74, 6) is -1.80. The third-order valence-corrected chi connectivity index (χ3v) is 5.25. The highest BCUT2D eigenvalue weighted by atomic mass is 19.1. The summed E-state index contributed by atoms with van der Waals surface area (Å²) in [6, 6.07) is 6.94. The fraction of sp³-hybridized carbons (Fsp3) is 0.318. The fourth-order valence-corrected chi connectivity index (χ4v) is 3.78. The van der Waals surface area contributed by atoms with Gasteiger partial charge in [0.1, 0.15) is 17.0 Å². The van der Waals surface area contributed by atoms with E-state index >= 15 is 0 Å². The molecule has 3 aromatic rings. The molecule has 1 aromatic carbocycles. The molecule has 2 N–H and O–H groups in total. The van der Waals surface area contributed by atoms with Crippen molar-refractivity contribution in [2.75, 3.05) is 24.6 Å². The number of fused-ring (bicyclic) bond motifs is 1. The average Bonchev–Trinajstić information content (AvgIpc) is 3.16. The molecule has 0 amide bonds. The molecular formula is C22H22F2N4O3. The smallest absolute Gasteiger partial charge is 0.343 e. The Kier molecular flexibility index (Phi) is 5.69. The van der Waals surface area contributed by atoms with Crippen molar-refractivity contribution in [3.63, 3.8) is 0 Å². The minimum Gasteiger partial charge on any atom is -0.462 e. The second-order valence-electron chi connectivity index (χ2n) is 7.51. The van der Waals surface area contributed by atoms with Crippen LogP contribution in [0.2, 0.25) is 0 Å². The van der Waals surface area contributed by atoms with Gasteiger partial charge in [0.25, 0.3) is 0 Å². The second-order valence-corrected chi connectivity index (χ2v) is 7.51. The van der Waals surface area contributed by atoms with Gasteiger partial charge in [-0.3, -0.25) is 4.79 Å². The Labute approximate surface area is 177 Å². The van der Waals surface area contributed by atoms with Crippen LogP contribution in [-0.2, 0) is 11.3 Å². The van der Waals surface area contributed by atoms with Gasteiger partial charge in [0, 0.05) is 31.9 Å². The van der Waals surface area contributed by atoms with Crippen LogP contribution in [0.15, 0.2) is 41.3 Å². The lowest BCUT2D eigenvalue weighted by Gasteiger charge is -2.20. The van der Waals surface area contributed by atoms with E-state index in [0.29, 0.717) is 25.1 Å². The van der Waals surface area contributed by atoms with Crippen LogP contribution in [0.4, 0.5) is 14.6 Å². The molecule has 31 heavy (non-hydrogen) atoms. The number of hydrogen-bond acceptors (Lipinski definition) is 6. The second kappa shape index (κ2) is 8.43. The van der Waals surface area contributed by atoms with Gasteiger partial charge in [-0.05, 0) is 37.1 Å². The van der Waals surface area contributed by atoms with E-state index in [1.54, 1.807) is 24.0 Å². The normalized spacial score (nSPS) is 16.1. The molecule has 162 valence electrons. The Morgan fingerprint density at radius 2 is 2.13 bits per heavy atom. The van der Waals surface area contributed by atoms with E-state index in [0.717, 1.165) is 6.07 Å². The highest BCUT2D eigenvalue weighted by Gasteiger charge is 2.25. The van der Waals surface area contributed by atoms with Gasteiger partial charge in [-0.25, -0.2) is 18.6 Å². The number of anilines is 1. The summed E-state index contributed by atoms with van der Waals surface area (Å²) < 4.78 is 35.1. The molecule has 7 nitrogen and oxygen atoms in total. The van der Waals surface area contributed by atoms with Crippen molar-refractivity contribution in [2.24, 2.45) is 5.73 Å². The minimum absolute atomic E-state index is 0.0494. The number of carbonyl (C=O) groups is 1. The van der Waals surface area contributed by atoms with E-state index < -0.39 is 23.0 Å². The van der Waals surface area contributed by atoms with Gasteiger partial charge in [-0.15, -0.1) is 0 Å². The van der Waals surface area contributed by atoms with Gasteiger partial charge < -0.3 is 19.9 Å². The standard InChI is InChI=1S/C22H22F2N4O3/c1-2-31-22(30)17-12-28(10-13-4-3-5-14(23)8-13)20-16(19(17)29)9-18(24)21(26-20)27-7-6-15(25)11-27/h3-5,8-9,12,15H,2,6-7,10-11,25H2,1H3. The average molecular weight is 428 g/mol. The first kappa shape index (κ1) is 20.9. The Morgan fingerprint density at radius 3 is 2.81 bits per heavy atom. The number of carbonyl (C=O) groups excluding carboxylic acids is 1. The topological polar surface area (TPSA) is 90.5 Å². The fourth-order valence-electron chi connectivity index (χ4n) is 3.78. The van der Waals surface area contributed by atoms with Crippen LogP contribution in [0.3, 0.4) is 0 Å². The molecule has 1 atom stereocenters. The monoisotopic (exact) mass is 428 g/mol. The molecule has 9 heteroatoms. The number of pyridine rings is 2. The Bertz CT molecular complexity index is 1210. The highest BCUT2D eigenvalue weighted by Crippen LogP contribution is 2.25. The first-order chi connectivity index (χ1) is 14.9. The maximum absolute atomic E-state index is 14.9. The maximum Gasteiger partial charge on any atom is 0.343 e.